The van der Waals surface area contributed by atoms with E-state index in [0.717, 1.165) is 18.7 Å². The zero-order valence-electron chi connectivity index (χ0n) is 11.2. The Morgan fingerprint density at radius 1 is 1.53 bits per heavy atom. The Balaban J connectivity index is 0. The number of hydrogen-bond acceptors (Lipinski definition) is 4. The average molecular weight is 285 g/mol. The van der Waals surface area contributed by atoms with Gasteiger partial charge in [0.25, 0.3) is 0 Å². The maximum absolute atomic E-state index is 11.7. The second-order valence-electron chi connectivity index (χ2n) is 3.80. The van der Waals surface area contributed by atoms with Crippen molar-refractivity contribution in [3.8, 4) is 0 Å². The molecule has 1 unspecified atom stereocenters. The van der Waals surface area contributed by atoms with Crippen LogP contribution in [-0.4, -0.2) is 62.7 Å². The number of nitrogens with one attached hydrogen (secondary N) is 1. The zero-order valence-corrected chi connectivity index (χ0v) is 12.8. The van der Waals surface area contributed by atoms with Crippen LogP contribution in [0.2, 0.25) is 0 Å². The van der Waals surface area contributed by atoms with Crippen molar-refractivity contribution in [2.45, 2.75) is 19.4 Å². The molecule has 0 spiro atoms. The molecule has 0 rings (SSSR count). The van der Waals surface area contributed by atoms with E-state index in [1.54, 1.807) is 7.11 Å². The molecule has 0 aliphatic heterocycles. The van der Waals surface area contributed by atoms with E-state index in [1.165, 1.54) is 0 Å². The van der Waals surface area contributed by atoms with Gasteiger partial charge in [-0.3, -0.25) is 4.79 Å². The van der Waals surface area contributed by atoms with Gasteiger partial charge in [0.15, 0.2) is 0 Å². The summed E-state index contributed by atoms with van der Waals surface area (Å²) in [5, 5.41) is 3.06. The van der Waals surface area contributed by atoms with Gasteiger partial charge in [0, 0.05) is 26.7 Å². The number of carbonyl (C=O) groups excluding carboxylic acids is 1. The van der Waals surface area contributed by atoms with Crippen LogP contribution in [0.4, 0.5) is 0 Å². The van der Waals surface area contributed by atoms with E-state index in [1.807, 2.05) is 23.7 Å². The molecule has 4 nitrogen and oxygen atoms in total. The molecule has 0 aromatic rings. The molecule has 0 saturated carbocycles. The molecule has 0 aliphatic rings. The number of nitrogens with zero attached hydrogens (tertiary/aromatic N) is 1. The van der Waals surface area contributed by atoms with E-state index in [4.69, 9.17) is 4.74 Å². The predicted molar refractivity (Wildman–Crippen MR) is 77.2 cm³/mol. The lowest BCUT2D eigenvalue weighted by molar-refractivity contribution is -0.130. The molecule has 1 N–H and O–H groups in total. The van der Waals surface area contributed by atoms with Crippen LogP contribution in [0, 0.1) is 0 Å². The van der Waals surface area contributed by atoms with Gasteiger partial charge in [-0.2, -0.15) is 11.8 Å². The smallest absolute Gasteiger partial charge is 0.236 e. The summed E-state index contributed by atoms with van der Waals surface area (Å²) in [5.41, 5.74) is 0. The van der Waals surface area contributed by atoms with Crippen molar-refractivity contribution >= 4 is 30.1 Å². The van der Waals surface area contributed by atoms with Crippen LogP contribution in [0.1, 0.15) is 13.3 Å². The van der Waals surface area contributed by atoms with Crippen molar-refractivity contribution in [2.24, 2.45) is 0 Å². The van der Waals surface area contributed by atoms with Crippen molar-refractivity contribution in [1.29, 1.82) is 0 Å². The highest BCUT2D eigenvalue weighted by Gasteiger charge is 2.14. The Morgan fingerprint density at radius 2 is 2.18 bits per heavy atom. The summed E-state index contributed by atoms with van der Waals surface area (Å²) in [6, 6.07) is 0.309. The molecule has 6 heteroatoms. The van der Waals surface area contributed by atoms with Crippen LogP contribution in [0.25, 0.3) is 0 Å². The SMILES string of the molecule is COCCNCC(=O)N(C)C(C)CCSC.Cl. The standard InChI is InChI=1S/C11H24N2O2S.ClH/c1-10(5-8-16-4)13(2)11(14)9-12-6-7-15-3;/h10,12H,5-9H2,1-4H3;1H. The molecule has 0 fully saturated rings. The summed E-state index contributed by atoms with van der Waals surface area (Å²) >= 11 is 1.81. The maximum atomic E-state index is 11.7. The van der Waals surface area contributed by atoms with Crippen molar-refractivity contribution in [3.63, 3.8) is 0 Å². The highest BCUT2D eigenvalue weighted by atomic mass is 35.5. The minimum Gasteiger partial charge on any atom is -0.383 e. The van der Waals surface area contributed by atoms with Crippen LogP contribution >= 0.6 is 24.2 Å². The maximum Gasteiger partial charge on any atom is 0.236 e. The Bertz CT molecular complexity index is 196. The average Bonchev–Trinajstić information content (AvgIpc) is 2.30. The van der Waals surface area contributed by atoms with E-state index in [2.05, 4.69) is 18.5 Å². The fraction of sp³-hybridized carbons (Fsp3) is 0.909. The zero-order chi connectivity index (χ0) is 12.4. The van der Waals surface area contributed by atoms with Gasteiger partial charge < -0.3 is 15.0 Å². The summed E-state index contributed by atoms with van der Waals surface area (Å²) in [6.45, 7) is 3.83. The largest absolute Gasteiger partial charge is 0.383 e. The molecule has 0 aromatic heterocycles. The van der Waals surface area contributed by atoms with Gasteiger partial charge in [0.05, 0.1) is 13.2 Å². The molecule has 0 radical (unpaired) electrons. The van der Waals surface area contributed by atoms with Crippen LogP contribution < -0.4 is 5.32 Å². The molecule has 1 atom stereocenters. The fourth-order valence-corrected chi connectivity index (χ4v) is 1.80. The lowest BCUT2D eigenvalue weighted by Crippen LogP contribution is -2.41. The molecular formula is C11H25ClN2O2S. The van der Waals surface area contributed by atoms with Crippen LogP contribution in [0.5, 0.6) is 0 Å². The van der Waals surface area contributed by atoms with Gasteiger partial charge in [-0.25, -0.2) is 0 Å². The Kier molecular flexibility index (Phi) is 14.2. The second kappa shape index (κ2) is 12.5. The van der Waals surface area contributed by atoms with Crippen molar-refractivity contribution < 1.29 is 9.53 Å². The third-order valence-electron chi connectivity index (χ3n) is 2.55. The Hall–Kier alpha value is 0.0300. The minimum atomic E-state index is 0. The number of rotatable bonds is 9. The highest BCUT2D eigenvalue weighted by Crippen LogP contribution is 2.05. The third kappa shape index (κ3) is 9.71. The number of thioether (sulfide) groups is 1. The summed E-state index contributed by atoms with van der Waals surface area (Å²) in [7, 11) is 3.52. The van der Waals surface area contributed by atoms with Crippen LogP contribution in [0.15, 0.2) is 0 Å². The Morgan fingerprint density at radius 3 is 2.71 bits per heavy atom. The predicted octanol–water partition coefficient (Wildman–Crippen LogP) is 1.24. The number of halogens is 1. The van der Waals surface area contributed by atoms with E-state index in [9.17, 15) is 4.79 Å². The molecule has 0 saturated heterocycles. The second-order valence-corrected chi connectivity index (χ2v) is 4.79. The van der Waals surface area contributed by atoms with Gasteiger partial charge in [-0.15, -0.1) is 12.4 Å². The number of methoxy groups -OCH3 is 1. The van der Waals surface area contributed by atoms with Crippen LogP contribution in [-0.2, 0) is 9.53 Å². The van der Waals surface area contributed by atoms with E-state index in [-0.39, 0.29) is 18.3 Å². The van der Waals surface area contributed by atoms with Crippen LogP contribution in [0.3, 0.4) is 0 Å². The van der Waals surface area contributed by atoms with Crippen molar-refractivity contribution in [1.82, 2.24) is 10.2 Å². The summed E-state index contributed by atoms with van der Waals surface area (Å²) < 4.78 is 4.89. The molecular weight excluding hydrogens is 260 g/mol. The highest BCUT2D eigenvalue weighted by molar-refractivity contribution is 7.98. The van der Waals surface area contributed by atoms with E-state index in [0.29, 0.717) is 19.2 Å². The first-order valence-electron chi connectivity index (χ1n) is 5.57. The topological polar surface area (TPSA) is 41.6 Å². The third-order valence-corrected chi connectivity index (χ3v) is 3.20. The van der Waals surface area contributed by atoms with Gasteiger partial charge in [0.2, 0.25) is 5.91 Å². The van der Waals surface area contributed by atoms with Gasteiger partial charge in [-0.1, -0.05) is 0 Å². The Labute approximate surface area is 115 Å². The van der Waals surface area contributed by atoms with E-state index >= 15 is 0 Å². The molecule has 1 amide bonds. The summed E-state index contributed by atoms with van der Waals surface area (Å²) in [4.78, 5) is 13.5. The quantitative estimate of drug-likeness (QED) is 0.647. The van der Waals surface area contributed by atoms with E-state index < -0.39 is 0 Å². The van der Waals surface area contributed by atoms with Crippen molar-refractivity contribution in [3.05, 3.63) is 0 Å². The first-order chi connectivity index (χ1) is 7.63. The van der Waals surface area contributed by atoms with Gasteiger partial charge >= 0.3 is 0 Å². The van der Waals surface area contributed by atoms with Gasteiger partial charge in [-0.05, 0) is 25.4 Å². The molecule has 0 bridgehead atoms. The summed E-state index contributed by atoms with van der Waals surface area (Å²) in [6.07, 6.45) is 3.13. The first-order valence-corrected chi connectivity index (χ1v) is 6.97. The lowest BCUT2D eigenvalue weighted by Gasteiger charge is -2.25. The lowest BCUT2D eigenvalue weighted by atomic mass is 10.2. The molecule has 17 heavy (non-hydrogen) atoms. The normalized spacial score (nSPS) is 11.8. The fourth-order valence-electron chi connectivity index (χ4n) is 1.22. The number of hydrogen-bond donors (Lipinski definition) is 1. The molecule has 0 aliphatic carbocycles. The monoisotopic (exact) mass is 284 g/mol. The first kappa shape index (κ1) is 19.4. The number of ether oxygens (including phenoxy) is 1. The number of likely N-dealkylation sites (N-methyl/N-ethyl adjacent to an activating group) is 1. The number of amides is 1. The van der Waals surface area contributed by atoms with Gasteiger partial charge in [0.1, 0.15) is 0 Å². The molecule has 0 heterocycles. The number of carbonyl (C=O) groups is 1. The van der Waals surface area contributed by atoms with Crippen molar-refractivity contribution in [2.75, 3.05) is 45.9 Å². The molecule has 104 valence electrons. The summed E-state index contributed by atoms with van der Waals surface area (Å²) in [5.74, 6) is 1.24. The minimum absolute atomic E-state index is 0. The molecule has 0 aromatic carbocycles.